The Morgan fingerprint density at radius 3 is 2.58 bits per heavy atom. The average molecular weight is 465 g/mol. The third kappa shape index (κ3) is 6.44. The minimum atomic E-state index is -0.237. The van der Waals surface area contributed by atoms with Gasteiger partial charge in [0.05, 0.1) is 17.0 Å². The lowest BCUT2D eigenvalue weighted by Gasteiger charge is -2.14. The van der Waals surface area contributed by atoms with E-state index in [0.717, 1.165) is 25.7 Å². The fourth-order valence-corrected chi connectivity index (χ4v) is 4.56. The lowest BCUT2D eigenvalue weighted by atomic mass is 9.98. The van der Waals surface area contributed by atoms with Crippen LogP contribution in [0, 0.1) is 0 Å². The van der Waals surface area contributed by atoms with E-state index in [1.165, 1.54) is 17.3 Å². The maximum Gasteiger partial charge on any atom is 0.277 e. The Bertz CT molecular complexity index is 1080. The molecule has 0 radical (unpaired) electrons. The van der Waals surface area contributed by atoms with E-state index in [-0.39, 0.29) is 29.5 Å². The average Bonchev–Trinajstić information content (AvgIpc) is 3.51. The molecule has 0 saturated heterocycles. The Morgan fingerprint density at radius 2 is 1.79 bits per heavy atom. The van der Waals surface area contributed by atoms with E-state index >= 15 is 0 Å². The number of thioether (sulfide) groups is 1. The van der Waals surface area contributed by atoms with Crippen molar-refractivity contribution in [3.05, 3.63) is 71.6 Å². The van der Waals surface area contributed by atoms with Crippen molar-refractivity contribution in [2.75, 3.05) is 11.1 Å². The van der Waals surface area contributed by atoms with Gasteiger partial charge in [0.1, 0.15) is 0 Å². The summed E-state index contributed by atoms with van der Waals surface area (Å²) in [5, 5.41) is 14.4. The fraction of sp³-hybridized carbons (Fsp3) is 0.360. The van der Waals surface area contributed by atoms with E-state index in [0.29, 0.717) is 28.8 Å². The molecule has 1 aliphatic rings. The number of carbonyl (C=O) groups is 2. The highest BCUT2D eigenvalue weighted by Crippen LogP contribution is 2.23. The summed E-state index contributed by atoms with van der Waals surface area (Å²) >= 11 is 1.18. The maximum atomic E-state index is 12.7. The number of carbonyl (C=O) groups excluding carboxylic acids is 2. The number of nitrogens with one attached hydrogen (secondary N) is 2. The zero-order chi connectivity index (χ0) is 23.0. The van der Waals surface area contributed by atoms with Crippen molar-refractivity contribution in [1.29, 1.82) is 0 Å². The summed E-state index contributed by atoms with van der Waals surface area (Å²) in [7, 11) is 0. The van der Waals surface area contributed by atoms with E-state index in [9.17, 15) is 9.59 Å². The molecule has 172 valence electrons. The minimum absolute atomic E-state index is 0.106. The lowest BCUT2D eigenvalue weighted by molar-refractivity contribution is -0.113. The van der Waals surface area contributed by atoms with Gasteiger partial charge in [-0.3, -0.25) is 9.59 Å². The van der Waals surface area contributed by atoms with Gasteiger partial charge < -0.3 is 15.1 Å². The Kier molecular flexibility index (Phi) is 7.78. The van der Waals surface area contributed by atoms with Gasteiger partial charge in [0.2, 0.25) is 11.8 Å². The van der Waals surface area contributed by atoms with Gasteiger partial charge >= 0.3 is 0 Å². The van der Waals surface area contributed by atoms with Crippen LogP contribution in [-0.2, 0) is 11.2 Å². The van der Waals surface area contributed by atoms with E-state index in [2.05, 4.69) is 39.9 Å². The van der Waals surface area contributed by atoms with E-state index in [1.54, 1.807) is 24.3 Å². The summed E-state index contributed by atoms with van der Waals surface area (Å²) in [5.41, 5.74) is 2.18. The van der Waals surface area contributed by atoms with Crippen LogP contribution in [0.2, 0.25) is 0 Å². The summed E-state index contributed by atoms with van der Waals surface area (Å²) in [6.45, 7) is 2.11. The van der Waals surface area contributed by atoms with Crippen molar-refractivity contribution in [1.82, 2.24) is 15.5 Å². The van der Waals surface area contributed by atoms with Crippen LogP contribution in [0.4, 0.5) is 5.69 Å². The first-order valence-electron chi connectivity index (χ1n) is 11.3. The molecule has 7 nitrogen and oxygen atoms in total. The van der Waals surface area contributed by atoms with Gasteiger partial charge in [0.25, 0.3) is 11.1 Å². The van der Waals surface area contributed by atoms with Crippen LogP contribution in [0.3, 0.4) is 0 Å². The summed E-state index contributed by atoms with van der Waals surface area (Å²) in [6, 6.07) is 17.4. The molecule has 1 fully saturated rings. The standard InChI is InChI=1S/C25H28N4O3S/c1-17(18-9-3-2-4-10-18)15-23-28-29-25(32-23)33-16-22(30)27-21-14-8-7-13-20(21)24(31)26-19-11-5-6-12-19/h2-4,7-10,13-14,17,19H,5-6,11-12,15-16H2,1H3,(H,26,31)(H,27,30). The van der Waals surface area contributed by atoms with Crippen LogP contribution in [0.5, 0.6) is 0 Å². The Morgan fingerprint density at radius 1 is 1.06 bits per heavy atom. The predicted molar refractivity (Wildman–Crippen MR) is 128 cm³/mol. The number of para-hydroxylation sites is 1. The van der Waals surface area contributed by atoms with Crippen molar-refractivity contribution < 1.29 is 14.0 Å². The molecule has 33 heavy (non-hydrogen) atoms. The molecule has 1 aromatic heterocycles. The summed E-state index contributed by atoms with van der Waals surface area (Å²) in [6.07, 6.45) is 4.93. The van der Waals surface area contributed by atoms with Crippen molar-refractivity contribution in [2.24, 2.45) is 0 Å². The summed E-state index contributed by atoms with van der Waals surface area (Å²) in [4.78, 5) is 25.2. The number of hydrogen-bond acceptors (Lipinski definition) is 6. The minimum Gasteiger partial charge on any atom is -0.416 e. The molecule has 8 heteroatoms. The molecule has 0 spiro atoms. The van der Waals surface area contributed by atoms with Gasteiger partial charge in [-0.05, 0) is 36.5 Å². The van der Waals surface area contributed by atoms with Crippen molar-refractivity contribution >= 4 is 29.3 Å². The van der Waals surface area contributed by atoms with Crippen LogP contribution >= 0.6 is 11.8 Å². The SMILES string of the molecule is CC(Cc1nnc(SCC(=O)Nc2ccccc2C(=O)NC2CCCC2)o1)c1ccccc1. The molecule has 2 N–H and O–H groups in total. The van der Waals surface area contributed by atoms with Gasteiger partial charge in [-0.15, -0.1) is 10.2 Å². The van der Waals surface area contributed by atoms with Gasteiger partial charge in [0.15, 0.2) is 0 Å². The largest absolute Gasteiger partial charge is 0.416 e. The Balaban J connectivity index is 1.29. The molecule has 2 amide bonds. The van der Waals surface area contributed by atoms with Gasteiger partial charge in [-0.2, -0.15) is 0 Å². The normalized spacial score (nSPS) is 14.7. The molecule has 1 aliphatic carbocycles. The molecule has 2 aromatic carbocycles. The molecular weight excluding hydrogens is 436 g/mol. The number of hydrogen-bond donors (Lipinski definition) is 2. The fourth-order valence-electron chi connectivity index (χ4n) is 3.98. The van der Waals surface area contributed by atoms with Crippen LogP contribution in [-0.4, -0.2) is 33.8 Å². The number of amides is 2. The molecule has 1 heterocycles. The second-order valence-electron chi connectivity index (χ2n) is 8.31. The zero-order valence-corrected chi connectivity index (χ0v) is 19.4. The van der Waals surface area contributed by atoms with Crippen molar-refractivity contribution in [2.45, 2.75) is 56.2 Å². The summed E-state index contributed by atoms with van der Waals surface area (Å²) < 4.78 is 5.71. The molecule has 1 atom stereocenters. The molecule has 4 rings (SSSR count). The van der Waals surface area contributed by atoms with Crippen molar-refractivity contribution in [3.63, 3.8) is 0 Å². The highest BCUT2D eigenvalue weighted by molar-refractivity contribution is 7.99. The molecule has 0 aliphatic heterocycles. The highest BCUT2D eigenvalue weighted by Gasteiger charge is 2.20. The first-order valence-corrected chi connectivity index (χ1v) is 12.3. The third-order valence-corrected chi connectivity index (χ3v) is 6.58. The smallest absolute Gasteiger partial charge is 0.277 e. The van der Waals surface area contributed by atoms with Crippen LogP contribution < -0.4 is 10.6 Å². The van der Waals surface area contributed by atoms with Crippen LogP contribution in [0.1, 0.15) is 60.3 Å². The predicted octanol–water partition coefficient (Wildman–Crippen LogP) is 4.82. The molecule has 1 saturated carbocycles. The zero-order valence-electron chi connectivity index (χ0n) is 18.6. The van der Waals surface area contributed by atoms with E-state index < -0.39 is 0 Å². The Labute approximate surface area is 197 Å². The van der Waals surface area contributed by atoms with Gasteiger partial charge in [-0.1, -0.05) is 74.0 Å². The second-order valence-corrected chi connectivity index (χ2v) is 9.24. The number of rotatable bonds is 9. The number of nitrogens with zero attached hydrogens (tertiary/aromatic N) is 2. The van der Waals surface area contributed by atoms with E-state index in [4.69, 9.17) is 4.42 Å². The second kappa shape index (κ2) is 11.1. The topological polar surface area (TPSA) is 97.1 Å². The highest BCUT2D eigenvalue weighted by atomic mass is 32.2. The lowest BCUT2D eigenvalue weighted by Crippen LogP contribution is -2.33. The molecule has 0 bridgehead atoms. The number of benzene rings is 2. The van der Waals surface area contributed by atoms with Crippen LogP contribution in [0.25, 0.3) is 0 Å². The quantitative estimate of drug-likeness (QED) is 0.441. The molecule has 3 aromatic rings. The number of aromatic nitrogens is 2. The third-order valence-electron chi connectivity index (χ3n) is 5.76. The Hall–Kier alpha value is -3.13. The van der Waals surface area contributed by atoms with Crippen molar-refractivity contribution in [3.8, 4) is 0 Å². The molecule has 1 unspecified atom stereocenters. The first-order chi connectivity index (χ1) is 16.1. The van der Waals surface area contributed by atoms with E-state index in [1.807, 2.05) is 18.2 Å². The summed E-state index contributed by atoms with van der Waals surface area (Å²) in [5.74, 6) is 0.509. The van der Waals surface area contributed by atoms with Crippen LogP contribution in [0.15, 0.2) is 64.2 Å². The number of anilines is 1. The first kappa shape index (κ1) is 23.0. The maximum absolute atomic E-state index is 12.7. The molecular formula is C25H28N4O3S. The van der Waals surface area contributed by atoms with Gasteiger partial charge in [-0.25, -0.2) is 0 Å². The van der Waals surface area contributed by atoms with Gasteiger partial charge in [0, 0.05) is 12.5 Å². The monoisotopic (exact) mass is 464 g/mol.